The van der Waals surface area contributed by atoms with Gasteiger partial charge in [0.1, 0.15) is 88.9 Å². The van der Waals surface area contributed by atoms with Gasteiger partial charge >= 0.3 is 0 Å². The zero-order chi connectivity index (χ0) is 99.4. The lowest BCUT2D eigenvalue weighted by molar-refractivity contribution is 0.101. The Balaban J connectivity index is 0.000000143. The third kappa shape index (κ3) is 31.9. The predicted octanol–water partition coefficient (Wildman–Crippen LogP) is 19.7. The van der Waals surface area contributed by atoms with Gasteiger partial charge in [-0.25, -0.2) is 54.2 Å². The fourth-order valence-corrected chi connectivity index (χ4v) is 12.0. The number of amides is 6. The Morgan fingerprint density at radius 1 is 0.261 bits per heavy atom. The van der Waals surface area contributed by atoms with Gasteiger partial charge in [0.15, 0.2) is 23.0 Å². The second kappa shape index (κ2) is 51.4. The number of halogens is 1. The van der Waals surface area contributed by atoms with Gasteiger partial charge in [-0.05, 0) is 160 Å². The van der Waals surface area contributed by atoms with Crippen LogP contribution in [0, 0.1) is 63.6 Å². The Kier molecular flexibility index (Phi) is 35.6. The number of nitrogens with one attached hydrogen (secondary N) is 6. The van der Waals surface area contributed by atoms with E-state index in [0.717, 1.165) is 16.7 Å². The standard InChI is InChI=1S/2C19H13N3O2.C18H12N4O2.C17H13FN4O2.2C17H14N4O2/c1-2-14-6-3-7-15(12-14)19(23)22-17-9-4-10-18(21-17)24-16-8-5-11-20-13-16;1-2-14-5-3-6-15(9-14)19(23)22-16-10-18(13-21-11-16)24-17-7-4-8-20-12-17;1-2-13-5-3-6-14(9-13)18(23)22-16-7-4-8-17(21-16)24-15-10-19-12-20-11-15;1-11-2-3-16(18)15(4-11)17(23)22-12-5-13(7-19-6-12)24-14-8-20-10-21-9-14;2*1-12-3-2-4-13(7-12)17(22)21-16-8-14(5-6-20-16)23-15-9-18-11-19-10-15/h1,3-13H,(H,21,22,23);1,3-13H,(H,22,23);1,3-12H,(H,21,22,23);2-10H,1H3,(H,22,23);2*2-11H,1H3,(H,20,21,22). The van der Waals surface area contributed by atoms with E-state index in [9.17, 15) is 33.2 Å². The summed E-state index contributed by atoms with van der Waals surface area (Å²) >= 11 is 0. The first-order chi connectivity index (χ1) is 69.2. The summed E-state index contributed by atoms with van der Waals surface area (Å²) in [5.74, 6) is 12.3. The Morgan fingerprint density at radius 2 is 0.585 bits per heavy atom. The maximum absolute atomic E-state index is 13.8. The lowest BCUT2D eigenvalue weighted by atomic mass is 10.1. The molecular weight excluding hydrogens is 1800 g/mol. The molecule has 0 aliphatic heterocycles. The molecule has 0 saturated carbocycles. The van der Waals surface area contributed by atoms with Gasteiger partial charge < -0.3 is 60.3 Å². The van der Waals surface area contributed by atoms with Crippen LogP contribution < -0.4 is 60.3 Å². The van der Waals surface area contributed by atoms with Gasteiger partial charge in [-0.1, -0.05) is 95.1 Å². The first-order valence-electron chi connectivity index (χ1n) is 42.4. The van der Waals surface area contributed by atoms with Crippen molar-refractivity contribution in [3.05, 3.63) is 446 Å². The van der Waals surface area contributed by atoms with E-state index in [4.69, 9.17) is 47.7 Å². The zero-order valence-corrected chi connectivity index (χ0v) is 75.4. The summed E-state index contributed by atoms with van der Waals surface area (Å²) in [6, 6.07) is 66.7. The van der Waals surface area contributed by atoms with Crippen LogP contribution >= 0.6 is 0 Å². The van der Waals surface area contributed by atoms with E-state index in [2.05, 4.69) is 129 Å². The Bertz CT molecular complexity index is 7010. The molecule has 12 aromatic heterocycles. The second-order valence-corrected chi connectivity index (χ2v) is 29.2. The molecule has 35 heteroatoms. The number of benzene rings is 6. The summed E-state index contributed by atoms with van der Waals surface area (Å²) in [5, 5.41) is 16.3. The van der Waals surface area contributed by atoms with Gasteiger partial charge in [-0.2, -0.15) is 9.97 Å². The number of terminal acetylenes is 3. The number of rotatable bonds is 24. The van der Waals surface area contributed by atoms with E-state index in [-0.39, 0.29) is 35.1 Å². The monoisotopic (exact) mass is 1880 g/mol. The van der Waals surface area contributed by atoms with Crippen LogP contribution in [0.5, 0.6) is 69.3 Å². The Morgan fingerprint density at radius 3 is 0.979 bits per heavy atom. The zero-order valence-electron chi connectivity index (χ0n) is 75.4. The molecular formula is C107H79FN22O12. The van der Waals surface area contributed by atoms with E-state index in [1.807, 2.05) is 50.2 Å². The Labute approximate surface area is 812 Å². The average molecular weight is 1880 g/mol. The summed E-state index contributed by atoms with van der Waals surface area (Å²) in [4.78, 5) is 137. The van der Waals surface area contributed by atoms with Crippen LogP contribution in [0.2, 0.25) is 0 Å². The van der Waals surface area contributed by atoms with Crippen molar-refractivity contribution in [2.45, 2.75) is 20.8 Å². The number of nitrogens with zero attached hydrogens (tertiary/aromatic N) is 16. The van der Waals surface area contributed by atoms with Gasteiger partial charge in [0, 0.05) is 106 Å². The van der Waals surface area contributed by atoms with Crippen molar-refractivity contribution in [3.8, 4) is 106 Å². The van der Waals surface area contributed by atoms with Crippen LogP contribution in [0.4, 0.5) is 39.0 Å². The predicted molar refractivity (Wildman–Crippen MR) is 527 cm³/mol. The molecule has 0 fully saturated rings. The normalized spacial score (nSPS) is 9.98. The maximum atomic E-state index is 13.8. The van der Waals surface area contributed by atoms with E-state index >= 15 is 0 Å². The third-order valence-corrected chi connectivity index (χ3v) is 18.4. The molecule has 0 aliphatic rings. The first kappa shape index (κ1) is 98.6. The molecule has 6 N–H and O–H groups in total. The van der Waals surface area contributed by atoms with E-state index in [1.54, 1.807) is 269 Å². The van der Waals surface area contributed by atoms with Crippen molar-refractivity contribution < 1.29 is 61.6 Å². The van der Waals surface area contributed by atoms with Crippen LogP contribution in [0.25, 0.3) is 0 Å². The number of carbonyl (C=O) groups is 6. The van der Waals surface area contributed by atoms with E-state index < -0.39 is 11.7 Å². The molecule has 0 unspecified atom stereocenters. The quantitative estimate of drug-likeness (QED) is 0.0306. The molecule has 34 nitrogen and oxygen atoms in total. The highest BCUT2D eigenvalue weighted by molar-refractivity contribution is 6.07. The molecule has 18 rings (SSSR count). The van der Waals surface area contributed by atoms with Crippen molar-refractivity contribution >= 4 is 70.1 Å². The van der Waals surface area contributed by atoms with Crippen LogP contribution in [0.3, 0.4) is 0 Å². The first-order valence-corrected chi connectivity index (χ1v) is 42.4. The fraction of sp³-hybridized carbons (Fsp3) is 0.0280. The number of hydrogen-bond acceptors (Lipinski definition) is 28. The lowest BCUT2D eigenvalue weighted by Gasteiger charge is -2.09. The molecule has 6 aromatic carbocycles. The van der Waals surface area contributed by atoms with E-state index in [0.29, 0.717) is 148 Å². The number of ether oxygens (including phenoxy) is 6. The van der Waals surface area contributed by atoms with Gasteiger partial charge in [0.2, 0.25) is 11.8 Å². The highest BCUT2D eigenvalue weighted by Crippen LogP contribution is 2.30. The van der Waals surface area contributed by atoms with Gasteiger partial charge in [0.25, 0.3) is 35.4 Å². The molecule has 0 saturated heterocycles. The molecule has 0 atom stereocenters. The summed E-state index contributed by atoms with van der Waals surface area (Å²) in [6.45, 7) is 5.66. The van der Waals surface area contributed by atoms with Crippen molar-refractivity contribution in [2.24, 2.45) is 0 Å². The number of carbonyl (C=O) groups excluding carboxylic acids is 6. The van der Waals surface area contributed by atoms with E-state index in [1.165, 1.54) is 74.6 Å². The highest BCUT2D eigenvalue weighted by Gasteiger charge is 2.18. The lowest BCUT2D eigenvalue weighted by Crippen LogP contribution is -2.14. The molecule has 18 aromatic rings. The summed E-state index contributed by atoms with van der Waals surface area (Å²) in [7, 11) is 0. The van der Waals surface area contributed by atoms with Crippen LogP contribution in [-0.2, 0) is 0 Å². The molecule has 142 heavy (non-hydrogen) atoms. The van der Waals surface area contributed by atoms with Crippen molar-refractivity contribution in [3.63, 3.8) is 0 Å². The fourth-order valence-electron chi connectivity index (χ4n) is 12.0. The van der Waals surface area contributed by atoms with Gasteiger partial charge in [0.05, 0.1) is 104 Å². The molecule has 0 spiro atoms. The second-order valence-electron chi connectivity index (χ2n) is 29.2. The molecule has 0 radical (unpaired) electrons. The highest BCUT2D eigenvalue weighted by atomic mass is 19.1. The SMILES string of the molecule is C#Cc1cccc(C(=O)Nc2cccc(Oc3cccnc3)n2)c1.C#Cc1cccc(C(=O)Nc2cccc(Oc3cncnc3)n2)c1.C#Cc1cccc(C(=O)Nc2cncc(Oc3cccnc3)c2)c1.Cc1ccc(F)c(C(=O)Nc2cncc(Oc3cncnc3)c2)c1.Cc1cccc(C(=O)Nc2cc(Oc3cncnc3)ccn2)c1.Cc1cccc(C(=O)Nc2cc(Oc3cncnc3)ccn2)c1. The number of aromatic nitrogens is 16. The number of pyridine rings is 8. The number of anilines is 6. The Hall–Kier alpha value is -20.9. The summed E-state index contributed by atoms with van der Waals surface area (Å²) < 4.78 is 47.3. The third-order valence-electron chi connectivity index (χ3n) is 18.4. The van der Waals surface area contributed by atoms with Crippen molar-refractivity contribution in [1.29, 1.82) is 0 Å². The minimum Gasteiger partial charge on any atom is -0.454 e. The minimum atomic E-state index is -0.583. The maximum Gasteiger partial charge on any atom is 0.258 e. The van der Waals surface area contributed by atoms with Gasteiger partial charge in [-0.15, -0.1) is 19.3 Å². The molecule has 696 valence electrons. The van der Waals surface area contributed by atoms with Crippen LogP contribution in [0.1, 0.15) is 95.5 Å². The summed E-state index contributed by atoms with van der Waals surface area (Å²) in [6.07, 6.45) is 49.6. The van der Waals surface area contributed by atoms with Crippen molar-refractivity contribution in [2.75, 3.05) is 31.9 Å². The van der Waals surface area contributed by atoms with Crippen LogP contribution in [0.15, 0.2) is 373 Å². The van der Waals surface area contributed by atoms with Crippen molar-refractivity contribution in [1.82, 2.24) is 79.7 Å². The minimum absolute atomic E-state index is 0.0298. The summed E-state index contributed by atoms with van der Waals surface area (Å²) in [5.41, 5.74) is 8.18. The largest absolute Gasteiger partial charge is 0.454 e. The number of aryl methyl sites for hydroxylation is 3. The van der Waals surface area contributed by atoms with Crippen LogP contribution in [-0.4, -0.2) is 115 Å². The molecule has 6 amide bonds. The number of hydrogen-bond donors (Lipinski definition) is 6. The molecule has 12 heterocycles. The smallest absolute Gasteiger partial charge is 0.258 e. The van der Waals surface area contributed by atoms with Gasteiger partial charge in [-0.3, -0.25) is 48.7 Å². The topological polar surface area (TPSA) is 436 Å². The molecule has 0 bridgehead atoms. The average Bonchev–Trinajstić information content (AvgIpc) is 0.850. The molecule has 0 aliphatic carbocycles.